The Labute approximate surface area is 174 Å². The lowest BCUT2D eigenvalue weighted by molar-refractivity contribution is -0.118. The molecule has 8 nitrogen and oxygen atoms in total. The zero-order valence-corrected chi connectivity index (χ0v) is 17.4. The molecule has 3 rings (SSSR count). The van der Waals surface area contributed by atoms with Crippen molar-refractivity contribution in [2.24, 2.45) is 5.92 Å². The fourth-order valence-corrected chi connectivity index (χ4v) is 3.21. The number of hydrogen-bond donors (Lipinski definition) is 3. The molecule has 1 aliphatic rings. The highest BCUT2D eigenvalue weighted by molar-refractivity contribution is 6.03. The Bertz CT molecular complexity index is 964. The minimum atomic E-state index is -0.781. The van der Waals surface area contributed by atoms with Gasteiger partial charge in [0.2, 0.25) is 5.91 Å². The first-order valence-electron chi connectivity index (χ1n) is 9.58. The second kappa shape index (κ2) is 8.86. The Morgan fingerprint density at radius 1 is 1.03 bits per heavy atom. The summed E-state index contributed by atoms with van der Waals surface area (Å²) in [5.74, 6) is -0.176. The average molecular weight is 411 g/mol. The predicted octanol–water partition coefficient (Wildman–Crippen LogP) is 2.34. The number of anilines is 1. The Balaban J connectivity index is 1.76. The Hall–Kier alpha value is -3.55. The van der Waals surface area contributed by atoms with E-state index < -0.39 is 11.9 Å². The summed E-state index contributed by atoms with van der Waals surface area (Å²) < 4.78 is 10.4. The van der Waals surface area contributed by atoms with Crippen LogP contribution < -0.4 is 25.4 Å². The predicted molar refractivity (Wildman–Crippen MR) is 112 cm³/mol. The number of benzene rings is 2. The van der Waals surface area contributed by atoms with Crippen molar-refractivity contribution >= 4 is 23.4 Å². The number of rotatable bonds is 7. The second-order valence-electron chi connectivity index (χ2n) is 7.34. The first-order valence-corrected chi connectivity index (χ1v) is 9.58. The highest BCUT2D eigenvalue weighted by atomic mass is 16.5. The number of carbonyl (C=O) groups excluding carboxylic acids is 3. The highest BCUT2D eigenvalue weighted by Crippen LogP contribution is 2.23. The summed E-state index contributed by atoms with van der Waals surface area (Å²) in [5.41, 5.74) is 2.25. The van der Waals surface area contributed by atoms with Gasteiger partial charge < -0.3 is 25.4 Å². The van der Waals surface area contributed by atoms with Gasteiger partial charge in [-0.25, -0.2) is 0 Å². The third kappa shape index (κ3) is 4.53. The van der Waals surface area contributed by atoms with Crippen LogP contribution in [-0.4, -0.2) is 38.0 Å². The maximum absolute atomic E-state index is 12.9. The summed E-state index contributed by atoms with van der Waals surface area (Å²) in [6.07, 6.45) is 0. The van der Waals surface area contributed by atoms with Crippen molar-refractivity contribution in [3.63, 3.8) is 0 Å². The van der Waals surface area contributed by atoms with Crippen LogP contribution in [0.1, 0.15) is 40.1 Å². The molecule has 0 fully saturated rings. The summed E-state index contributed by atoms with van der Waals surface area (Å²) in [6, 6.07) is 9.21. The number of nitrogens with one attached hydrogen (secondary N) is 3. The van der Waals surface area contributed by atoms with E-state index in [0.717, 1.165) is 5.56 Å². The Morgan fingerprint density at radius 2 is 1.70 bits per heavy atom. The maximum Gasteiger partial charge on any atom is 0.252 e. The second-order valence-corrected chi connectivity index (χ2v) is 7.34. The van der Waals surface area contributed by atoms with Crippen molar-refractivity contribution < 1.29 is 23.9 Å². The van der Waals surface area contributed by atoms with E-state index in [-0.39, 0.29) is 17.7 Å². The van der Waals surface area contributed by atoms with Gasteiger partial charge in [0.15, 0.2) is 0 Å². The number of ether oxygens (including phenoxy) is 2. The monoisotopic (exact) mass is 411 g/mol. The molecule has 0 radical (unpaired) electrons. The van der Waals surface area contributed by atoms with Crippen molar-refractivity contribution in [3.05, 3.63) is 53.1 Å². The van der Waals surface area contributed by atoms with Crippen LogP contribution in [0.5, 0.6) is 11.5 Å². The molecule has 2 aromatic carbocycles. The van der Waals surface area contributed by atoms with Crippen molar-refractivity contribution in [2.45, 2.75) is 26.4 Å². The lowest BCUT2D eigenvalue weighted by atomic mass is 10.0. The SMILES string of the molecule is COc1cc(OC)cc(C(=O)NC(C(=O)Nc2ccc3c(c2)C(=O)NC3)C(C)C)c1. The standard InChI is InChI=1S/C22H25N3O5/c1-12(2)19(25-20(26)14-7-16(29-3)10-17(8-14)30-4)22(28)24-15-6-5-13-11-23-21(27)18(13)9-15/h5-10,12,19H,11H2,1-4H3,(H,23,27)(H,24,28)(H,25,26). The molecule has 0 spiro atoms. The minimum Gasteiger partial charge on any atom is -0.497 e. The molecule has 3 N–H and O–H groups in total. The molecular weight excluding hydrogens is 386 g/mol. The molecule has 0 aliphatic carbocycles. The van der Waals surface area contributed by atoms with Crippen LogP contribution in [0.25, 0.3) is 0 Å². The van der Waals surface area contributed by atoms with Crippen molar-refractivity contribution in [3.8, 4) is 11.5 Å². The van der Waals surface area contributed by atoms with Gasteiger partial charge in [0.05, 0.1) is 14.2 Å². The third-order valence-corrected chi connectivity index (χ3v) is 4.91. The van der Waals surface area contributed by atoms with Crippen molar-refractivity contribution in [2.75, 3.05) is 19.5 Å². The van der Waals surface area contributed by atoms with E-state index in [0.29, 0.717) is 34.9 Å². The lowest BCUT2D eigenvalue weighted by Gasteiger charge is -2.22. The maximum atomic E-state index is 12.9. The van der Waals surface area contributed by atoms with Gasteiger partial charge in [0.25, 0.3) is 11.8 Å². The highest BCUT2D eigenvalue weighted by Gasteiger charge is 2.26. The van der Waals surface area contributed by atoms with Crippen LogP contribution in [0.3, 0.4) is 0 Å². The van der Waals surface area contributed by atoms with Crippen LogP contribution in [0.4, 0.5) is 5.69 Å². The molecule has 158 valence electrons. The molecule has 0 bridgehead atoms. The third-order valence-electron chi connectivity index (χ3n) is 4.91. The molecule has 1 heterocycles. The summed E-state index contributed by atoms with van der Waals surface area (Å²) in [5, 5.41) is 8.31. The van der Waals surface area contributed by atoms with Gasteiger partial charge in [-0.15, -0.1) is 0 Å². The topological polar surface area (TPSA) is 106 Å². The van der Waals surface area contributed by atoms with E-state index in [9.17, 15) is 14.4 Å². The molecule has 1 unspecified atom stereocenters. The summed E-state index contributed by atoms with van der Waals surface area (Å²) in [7, 11) is 3.00. The number of hydrogen-bond acceptors (Lipinski definition) is 5. The van der Waals surface area contributed by atoms with E-state index in [2.05, 4.69) is 16.0 Å². The molecule has 3 amide bonds. The smallest absolute Gasteiger partial charge is 0.252 e. The fraction of sp³-hybridized carbons (Fsp3) is 0.318. The summed E-state index contributed by atoms with van der Waals surface area (Å²) in [6.45, 7) is 4.16. The number of methoxy groups -OCH3 is 2. The van der Waals surface area contributed by atoms with E-state index in [4.69, 9.17) is 9.47 Å². The van der Waals surface area contributed by atoms with Crippen molar-refractivity contribution in [1.82, 2.24) is 10.6 Å². The van der Waals surface area contributed by atoms with Gasteiger partial charge in [0.1, 0.15) is 17.5 Å². The molecule has 0 aromatic heterocycles. The van der Waals surface area contributed by atoms with Crippen LogP contribution >= 0.6 is 0 Å². The molecule has 30 heavy (non-hydrogen) atoms. The molecular formula is C22H25N3O5. The zero-order chi connectivity index (χ0) is 21.8. The van der Waals surface area contributed by atoms with E-state index >= 15 is 0 Å². The quantitative estimate of drug-likeness (QED) is 0.649. The first-order chi connectivity index (χ1) is 14.3. The number of amides is 3. The summed E-state index contributed by atoms with van der Waals surface area (Å²) in [4.78, 5) is 37.5. The van der Waals surface area contributed by atoms with E-state index in [1.807, 2.05) is 13.8 Å². The molecule has 1 aliphatic heterocycles. The normalized spacial score (nSPS) is 13.3. The van der Waals surface area contributed by atoms with Gasteiger partial charge in [-0.2, -0.15) is 0 Å². The Kier molecular flexibility index (Phi) is 6.25. The molecule has 1 atom stereocenters. The van der Waals surface area contributed by atoms with Crippen LogP contribution in [0.15, 0.2) is 36.4 Å². The van der Waals surface area contributed by atoms with Gasteiger partial charge in [-0.05, 0) is 35.7 Å². The minimum absolute atomic E-state index is 0.165. The first kappa shape index (κ1) is 21.2. The summed E-state index contributed by atoms with van der Waals surface area (Å²) >= 11 is 0. The van der Waals surface area contributed by atoms with Gasteiger partial charge in [-0.1, -0.05) is 19.9 Å². The Morgan fingerprint density at radius 3 is 2.30 bits per heavy atom. The molecule has 2 aromatic rings. The molecule has 0 saturated heterocycles. The van der Waals surface area contributed by atoms with E-state index in [1.165, 1.54) is 14.2 Å². The van der Waals surface area contributed by atoms with Crippen molar-refractivity contribution in [1.29, 1.82) is 0 Å². The number of carbonyl (C=O) groups is 3. The average Bonchev–Trinajstić information content (AvgIpc) is 3.11. The van der Waals surface area contributed by atoms with Crippen LogP contribution in [0, 0.1) is 5.92 Å². The van der Waals surface area contributed by atoms with E-state index in [1.54, 1.807) is 36.4 Å². The fourth-order valence-electron chi connectivity index (χ4n) is 3.21. The van der Waals surface area contributed by atoms with Gasteiger partial charge >= 0.3 is 0 Å². The van der Waals surface area contributed by atoms with Crippen LogP contribution in [0.2, 0.25) is 0 Å². The lowest BCUT2D eigenvalue weighted by Crippen LogP contribution is -2.47. The van der Waals surface area contributed by atoms with Crippen LogP contribution in [-0.2, 0) is 11.3 Å². The van der Waals surface area contributed by atoms with Gasteiger partial charge in [-0.3, -0.25) is 14.4 Å². The molecule has 0 saturated carbocycles. The number of fused-ring (bicyclic) bond motifs is 1. The largest absolute Gasteiger partial charge is 0.497 e. The molecule has 8 heteroatoms. The van der Waals surface area contributed by atoms with Gasteiger partial charge in [0, 0.05) is 29.4 Å². The zero-order valence-electron chi connectivity index (χ0n) is 17.4.